The van der Waals surface area contributed by atoms with Gasteiger partial charge in [-0.05, 0) is 18.6 Å². The number of ketones is 1. The normalized spacial score (nSPS) is 20.7. The fraction of sp³-hybridized carbons (Fsp3) is 0.667. The summed E-state index contributed by atoms with van der Waals surface area (Å²) >= 11 is 0. The van der Waals surface area contributed by atoms with Crippen LogP contribution in [0.2, 0.25) is 0 Å². The van der Waals surface area contributed by atoms with Crippen molar-refractivity contribution in [2.75, 3.05) is 7.11 Å². The van der Waals surface area contributed by atoms with Gasteiger partial charge in [0.15, 0.2) is 5.78 Å². The molecule has 0 saturated carbocycles. The van der Waals surface area contributed by atoms with Crippen LogP contribution < -0.4 is 0 Å². The van der Waals surface area contributed by atoms with Gasteiger partial charge in [0.1, 0.15) is 5.60 Å². The van der Waals surface area contributed by atoms with Crippen LogP contribution in [-0.4, -0.2) is 29.6 Å². The van der Waals surface area contributed by atoms with Gasteiger partial charge in [-0.15, -0.1) is 0 Å². The molecule has 1 atom stereocenters. The van der Waals surface area contributed by atoms with Gasteiger partial charge in [0.25, 0.3) is 0 Å². The van der Waals surface area contributed by atoms with Gasteiger partial charge in [0.05, 0.1) is 5.57 Å². The summed E-state index contributed by atoms with van der Waals surface area (Å²) in [5, 5.41) is 8.94. The highest BCUT2D eigenvalue weighted by molar-refractivity contribution is 5.94. The first-order valence-electron chi connectivity index (χ1n) is 8.27. The molecule has 0 spiro atoms. The SMILES string of the molecule is CCCCCCCCCC(=O)C1(OC)C=CC(C(=O)O)=CC1. The van der Waals surface area contributed by atoms with E-state index in [1.165, 1.54) is 45.3 Å². The number of carboxylic acids is 1. The predicted octanol–water partition coefficient (Wildman–Crippen LogP) is 4.05. The van der Waals surface area contributed by atoms with Crippen LogP contribution in [0.3, 0.4) is 0 Å². The van der Waals surface area contributed by atoms with Crippen LogP contribution in [0.4, 0.5) is 0 Å². The monoisotopic (exact) mass is 308 g/mol. The maximum atomic E-state index is 12.4. The van der Waals surface area contributed by atoms with Gasteiger partial charge < -0.3 is 9.84 Å². The smallest absolute Gasteiger partial charge is 0.335 e. The van der Waals surface area contributed by atoms with Crippen molar-refractivity contribution in [1.82, 2.24) is 0 Å². The highest BCUT2D eigenvalue weighted by atomic mass is 16.5. The van der Waals surface area contributed by atoms with Crippen LogP contribution in [0, 0.1) is 0 Å². The van der Waals surface area contributed by atoms with Crippen molar-refractivity contribution < 1.29 is 19.4 Å². The van der Waals surface area contributed by atoms with E-state index in [-0.39, 0.29) is 11.4 Å². The van der Waals surface area contributed by atoms with Crippen molar-refractivity contribution in [3.8, 4) is 0 Å². The second-order valence-corrected chi connectivity index (χ2v) is 5.89. The van der Waals surface area contributed by atoms with E-state index < -0.39 is 11.6 Å². The third-order valence-corrected chi connectivity index (χ3v) is 4.25. The molecule has 1 aliphatic carbocycles. The minimum atomic E-state index is -0.972. The molecular formula is C18H28O4. The van der Waals surface area contributed by atoms with Crippen molar-refractivity contribution in [2.24, 2.45) is 0 Å². The molecule has 1 aliphatic rings. The number of rotatable bonds is 11. The number of Topliss-reactive ketones (excluding diaryl/α,β-unsaturated/α-hetero) is 1. The van der Waals surface area contributed by atoms with E-state index in [1.54, 1.807) is 12.2 Å². The Morgan fingerprint density at radius 1 is 1.18 bits per heavy atom. The fourth-order valence-corrected chi connectivity index (χ4v) is 2.71. The highest BCUT2D eigenvalue weighted by Crippen LogP contribution is 2.27. The van der Waals surface area contributed by atoms with Gasteiger partial charge in [-0.3, -0.25) is 4.79 Å². The number of unbranched alkanes of at least 4 members (excludes halogenated alkanes) is 6. The summed E-state index contributed by atoms with van der Waals surface area (Å²) in [5.74, 6) is -0.930. The molecule has 4 nitrogen and oxygen atoms in total. The predicted molar refractivity (Wildman–Crippen MR) is 86.8 cm³/mol. The third kappa shape index (κ3) is 5.41. The molecule has 0 aromatic carbocycles. The van der Waals surface area contributed by atoms with Crippen LogP contribution in [-0.2, 0) is 14.3 Å². The molecule has 0 aliphatic heterocycles. The molecule has 0 aromatic rings. The lowest BCUT2D eigenvalue weighted by Gasteiger charge is -2.29. The van der Waals surface area contributed by atoms with Gasteiger partial charge in [-0.2, -0.15) is 0 Å². The van der Waals surface area contributed by atoms with Gasteiger partial charge >= 0.3 is 5.97 Å². The van der Waals surface area contributed by atoms with Gasteiger partial charge in [0.2, 0.25) is 0 Å². The maximum absolute atomic E-state index is 12.4. The lowest BCUT2D eigenvalue weighted by Crippen LogP contribution is -2.39. The summed E-state index contributed by atoms with van der Waals surface area (Å²) in [6, 6.07) is 0. The topological polar surface area (TPSA) is 63.6 Å². The first kappa shape index (κ1) is 18.6. The molecule has 1 unspecified atom stereocenters. The number of methoxy groups -OCH3 is 1. The van der Waals surface area contributed by atoms with Gasteiger partial charge in [-0.1, -0.05) is 51.5 Å². The molecule has 22 heavy (non-hydrogen) atoms. The van der Waals surface area contributed by atoms with E-state index in [1.807, 2.05) is 0 Å². The highest BCUT2D eigenvalue weighted by Gasteiger charge is 2.36. The van der Waals surface area contributed by atoms with E-state index >= 15 is 0 Å². The number of aliphatic carboxylic acids is 1. The van der Waals surface area contributed by atoms with Crippen LogP contribution >= 0.6 is 0 Å². The molecule has 0 saturated heterocycles. The van der Waals surface area contributed by atoms with Crippen LogP contribution in [0.5, 0.6) is 0 Å². The Balaban J connectivity index is 2.37. The standard InChI is InChI=1S/C18H28O4/c1-3-4-5-6-7-8-9-10-16(19)18(22-2)13-11-15(12-14-18)17(20)21/h11-13H,3-10,14H2,1-2H3,(H,20,21). The van der Waals surface area contributed by atoms with Crippen molar-refractivity contribution in [3.05, 3.63) is 23.8 Å². The zero-order chi connectivity index (χ0) is 16.4. The Kier molecular flexibility index (Phi) is 8.10. The summed E-state index contributed by atoms with van der Waals surface area (Å²) in [7, 11) is 1.51. The Hall–Kier alpha value is -1.42. The first-order valence-corrected chi connectivity index (χ1v) is 8.27. The molecule has 1 N–H and O–H groups in total. The second kappa shape index (κ2) is 9.57. The van der Waals surface area contributed by atoms with E-state index in [4.69, 9.17) is 9.84 Å². The van der Waals surface area contributed by atoms with Crippen LogP contribution in [0.15, 0.2) is 23.8 Å². The average Bonchev–Trinajstić information content (AvgIpc) is 2.53. The lowest BCUT2D eigenvalue weighted by atomic mass is 9.85. The van der Waals surface area contributed by atoms with Gasteiger partial charge in [0, 0.05) is 20.0 Å². The Labute approximate surface area is 133 Å². The molecule has 0 bridgehead atoms. The third-order valence-electron chi connectivity index (χ3n) is 4.25. The van der Waals surface area contributed by atoms with Crippen molar-refractivity contribution in [3.63, 3.8) is 0 Å². The number of hydrogen-bond acceptors (Lipinski definition) is 3. The summed E-state index contributed by atoms with van der Waals surface area (Å²) in [5.41, 5.74) is -0.752. The Morgan fingerprint density at radius 3 is 2.32 bits per heavy atom. The number of ether oxygens (including phenoxy) is 1. The molecule has 4 heteroatoms. The van der Waals surface area contributed by atoms with Crippen molar-refractivity contribution in [1.29, 1.82) is 0 Å². The van der Waals surface area contributed by atoms with Crippen molar-refractivity contribution in [2.45, 2.75) is 70.3 Å². The van der Waals surface area contributed by atoms with Gasteiger partial charge in [-0.25, -0.2) is 4.79 Å². The lowest BCUT2D eigenvalue weighted by molar-refractivity contribution is -0.136. The molecule has 0 fully saturated rings. The largest absolute Gasteiger partial charge is 0.478 e. The number of carbonyl (C=O) groups excluding carboxylic acids is 1. The second-order valence-electron chi connectivity index (χ2n) is 5.89. The summed E-state index contributed by atoms with van der Waals surface area (Å²) in [6.45, 7) is 2.20. The van der Waals surface area contributed by atoms with Crippen molar-refractivity contribution >= 4 is 11.8 Å². The van der Waals surface area contributed by atoms with Crippen LogP contribution in [0.1, 0.15) is 64.7 Å². The molecule has 124 valence electrons. The zero-order valence-corrected chi connectivity index (χ0v) is 13.8. The Morgan fingerprint density at radius 2 is 1.82 bits per heavy atom. The van der Waals surface area contributed by atoms with E-state index in [2.05, 4.69) is 6.92 Å². The average molecular weight is 308 g/mol. The minimum absolute atomic E-state index is 0.0421. The zero-order valence-electron chi connectivity index (χ0n) is 13.8. The quantitative estimate of drug-likeness (QED) is 0.585. The van der Waals surface area contributed by atoms with E-state index in [0.717, 1.165) is 12.8 Å². The number of carbonyl (C=O) groups is 2. The van der Waals surface area contributed by atoms with E-state index in [0.29, 0.717) is 12.8 Å². The molecule has 0 aromatic heterocycles. The molecule has 0 radical (unpaired) electrons. The Bertz CT molecular complexity index is 436. The number of hydrogen-bond donors (Lipinski definition) is 1. The fourth-order valence-electron chi connectivity index (χ4n) is 2.71. The summed E-state index contributed by atoms with van der Waals surface area (Å²) in [4.78, 5) is 23.3. The summed E-state index contributed by atoms with van der Waals surface area (Å²) in [6.07, 6.45) is 13.6. The molecule has 0 amide bonds. The first-order chi connectivity index (χ1) is 10.6. The van der Waals surface area contributed by atoms with E-state index in [9.17, 15) is 9.59 Å². The maximum Gasteiger partial charge on any atom is 0.335 e. The molecule has 1 rings (SSSR count). The number of carboxylic acid groups (broad SMARTS) is 1. The molecule has 0 heterocycles. The molecular weight excluding hydrogens is 280 g/mol. The summed E-state index contributed by atoms with van der Waals surface area (Å²) < 4.78 is 5.40. The van der Waals surface area contributed by atoms with Crippen LogP contribution in [0.25, 0.3) is 0 Å². The minimum Gasteiger partial charge on any atom is -0.478 e.